The molecule has 2 amide bonds. The number of carbonyl (C=O) groups is 2. The first-order valence-corrected chi connectivity index (χ1v) is 5.67. The van der Waals surface area contributed by atoms with Crippen molar-refractivity contribution in [2.24, 2.45) is 0 Å². The molecule has 0 aromatic heterocycles. The molecule has 0 radical (unpaired) electrons. The standard InChI is InChI=1S/C10H19N3O4/c1-10(17,8(14)15)7-11-9(16)12-13-5-3-2-4-6-13/h17H,2-7H2,1H3,(H,14,15)(H2,11,12,16). The third-order valence-electron chi connectivity index (χ3n) is 2.67. The molecule has 1 unspecified atom stereocenters. The van der Waals surface area contributed by atoms with Crippen LogP contribution in [0.3, 0.4) is 0 Å². The van der Waals surface area contributed by atoms with Gasteiger partial charge in [-0.25, -0.2) is 14.6 Å². The molecular weight excluding hydrogens is 226 g/mol. The predicted molar refractivity (Wildman–Crippen MR) is 60.2 cm³/mol. The van der Waals surface area contributed by atoms with E-state index in [-0.39, 0.29) is 6.54 Å². The van der Waals surface area contributed by atoms with Crippen LogP contribution >= 0.6 is 0 Å². The van der Waals surface area contributed by atoms with E-state index >= 15 is 0 Å². The second-order valence-corrected chi connectivity index (χ2v) is 4.42. The molecule has 0 aliphatic carbocycles. The van der Waals surface area contributed by atoms with Gasteiger partial charge in [0.15, 0.2) is 5.60 Å². The molecule has 4 N–H and O–H groups in total. The quantitative estimate of drug-likeness (QED) is 0.536. The van der Waals surface area contributed by atoms with E-state index in [2.05, 4.69) is 10.7 Å². The van der Waals surface area contributed by atoms with E-state index < -0.39 is 17.6 Å². The van der Waals surface area contributed by atoms with Crippen LogP contribution in [-0.2, 0) is 4.79 Å². The van der Waals surface area contributed by atoms with Crippen molar-refractivity contribution in [3.63, 3.8) is 0 Å². The normalized spacial score (nSPS) is 20.4. The lowest BCUT2D eigenvalue weighted by molar-refractivity contribution is -0.155. The number of aliphatic carboxylic acids is 1. The van der Waals surface area contributed by atoms with Gasteiger partial charge in [0.25, 0.3) is 0 Å². The van der Waals surface area contributed by atoms with Gasteiger partial charge in [0.1, 0.15) is 0 Å². The van der Waals surface area contributed by atoms with Crippen LogP contribution in [0.5, 0.6) is 0 Å². The van der Waals surface area contributed by atoms with Crippen LogP contribution in [0.4, 0.5) is 4.79 Å². The number of amides is 2. The number of nitrogens with one attached hydrogen (secondary N) is 2. The van der Waals surface area contributed by atoms with Gasteiger partial charge in [0, 0.05) is 13.1 Å². The molecule has 0 aromatic rings. The Kier molecular flexibility index (Phi) is 4.71. The summed E-state index contributed by atoms with van der Waals surface area (Å²) < 4.78 is 0. The molecule has 1 fully saturated rings. The van der Waals surface area contributed by atoms with Crippen LogP contribution in [-0.4, -0.2) is 52.5 Å². The SMILES string of the molecule is CC(O)(CNC(=O)NN1CCCCC1)C(=O)O. The van der Waals surface area contributed by atoms with E-state index in [0.717, 1.165) is 39.3 Å². The zero-order valence-electron chi connectivity index (χ0n) is 9.90. The summed E-state index contributed by atoms with van der Waals surface area (Å²) in [5, 5.41) is 22.1. The highest BCUT2D eigenvalue weighted by atomic mass is 16.4. The molecule has 0 aromatic carbocycles. The van der Waals surface area contributed by atoms with Gasteiger partial charge in [0.2, 0.25) is 0 Å². The number of hydrazine groups is 1. The van der Waals surface area contributed by atoms with Crippen molar-refractivity contribution >= 4 is 12.0 Å². The van der Waals surface area contributed by atoms with Crippen LogP contribution in [0.15, 0.2) is 0 Å². The molecule has 7 nitrogen and oxygen atoms in total. The number of hydrogen-bond acceptors (Lipinski definition) is 4. The zero-order valence-corrected chi connectivity index (χ0v) is 9.90. The lowest BCUT2D eigenvalue weighted by Crippen LogP contribution is -2.53. The lowest BCUT2D eigenvalue weighted by atomic mass is 10.1. The molecule has 98 valence electrons. The Bertz CT molecular complexity index is 287. The maximum Gasteiger partial charge on any atom is 0.337 e. The summed E-state index contributed by atoms with van der Waals surface area (Å²) >= 11 is 0. The second kappa shape index (κ2) is 5.83. The molecule has 1 rings (SSSR count). The van der Waals surface area contributed by atoms with Gasteiger partial charge in [-0.2, -0.15) is 0 Å². The first kappa shape index (κ1) is 13.7. The molecule has 1 aliphatic rings. The molecule has 0 spiro atoms. The molecule has 0 bridgehead atoms. The Labute approximate surface area is 99.8 Å². The third kappa shape index (κ3) is 4.58. The summed E-state index contributed by atoms with van der Waals surface area (Å²) in [6.45, 7) is 2.39. The Morgan fingerprint density at radius 2 is 1.88 bits per heavy atom. The Morgan fingerprint density at radius 1 is 1.29 bits per heavy atom. The Morgan fingerprint density at radius 3 is 2.41 bits per heavy atom. The lowest BCUT2D eigenvalue weighted by Gasteiger charge is -2.27. The van der Waals surface area contributed by atoms with Gasteiger partial charge in [0.05, 0.1) is 6.54 Å². The molecule has 1 heterocycles. The van der Waals surface area contributed by atoms with E-state index in [4.69, 9.17) is 5.11 Å². The number of rotatable bonds is 4. The average molecular weight is 245 g/mol. The number of carboxylic acid groups (broad SMARTS) is 1. The monoisotopic (exact) mass is 245 g/mol. The molecule has 7 heteroatoms. The van der Waals surface area contributed by atoms with Crippen LogP contribution < -0.4 is 10.7 Å². The van der Waals surface area contributed by atoms with E-state index in [9.17, 15) is 14.7 Å². The highest BCUT2D eigenvalue weighted by Gasteiger charge is 2.30. The molecule has 17 heavy (non-hydrogen) atoms. The minimum absolute atomic E-state index is 0.331. The van der Waals surface area contributed by atoms with E-state index in [1.807, 2.05) is 0 Å². The van der Waals surface area contributed by atoms with Gasteiger partial charge >= 0.3 is 12.0 Å². The Balaban J connectivity index is 2.27. The first-order chi connectivity index (χ1) is 7.92. The topological polar surface area (TPSA) is 102 Å². The summed E-state index contributed by atoms with van der Waals surface area (Å²) in [5.74, 6) is -1.37. The number of carboxylic acids is 1. The number of piperidine rings is 1. The van der Waals surface area contributed by atoms with Crippen molar-refractivity contribution in [2.45, 2.75) is 31.8 Å². The minimum atomic E-state index is -1.95. The zero-order chi connectivity index (χ0) is 12.9. The number of hydrogen-bond donors (Lipinski definition) is 4. The largest absolute Gasteiger partial charge is 0.479 e. The fourth-order valence-electron chi connectivity index (χ4n) is 1.52. The fraction of sp³-hybridized carbons (Fsp3) is 0.800. The summed E-state index contributed by atoms with van der Waals surface area (Å²) in [6, 6.07) is -0.492. The minimum Gasteiger partial charge on any atom is -0.479 e. The van der Waals surface area contributed by atoms with E-state index in [1.54, 1.807) is 5.01 Å². The van der Waals surface area contributed by atoms with Crippen molar-refractivity contribution in [3.05, 3.63) is 0 Å². The number of carbonyl (C=O) groups excluding carboxylic acids is 1. The summed E-state index contributed by atoms with van der Waals surface area (Å²) in [7, 11) is 0. The summed E-state index contributed by atoms with van der Waals surface area (Å²) in [5.41, 5.74) is 0.664. The first-order valence-electron chi connectivity index (χ1n) is 5.67. The number of nitrogens with zero attached hydrogens (tertiary/aromatic N) is 1. The molecule has 1 aliphatic heterocycles. The number of aliphatic hydroxyl groups is 1. The third-order valence-corrected chi connectivity index (χ3v) is 2.67. The van der Waals surface area contributed by atoms with Crippen molar-refractivity contribution in [3.8, 4) is 0 Å². The van der Waals surface area contributed by atoms with E-state index in [0.29, 0.717) is 0 Å². The van der Waals surface area contributed by atoms with Gasteiger partial charge < -0.3 is 15.5 Å². The highest BCUT2D eigenvalue weighted by molar-refractivity contribution is 5.79. The van der Waals surface area contributed by atoms with Crippen molar-refractivity contribution < 1.29 is 19.8 Å². The maximum atomic E-state index is 11.4. The van der Waals surface area contributed by atoms with Gasteiger partial charge in [-0.05, 0) is 19.8 Å². The van der Waals surface area contributed by atoms with Gasteiger partial charge in [-0.3, -0.25) is 5.43 Å². The smallest absolute Gasteiger partial charge is 0.337 e. The molecular formula is C10H19N3O4. The van der Waals surface area contributed by atoms with E-state index in [1.165, 1.54) is 0 Å². The van der Waals surface area contributed by atoms with Crippen molar-refractivity contribution in [1.82, 2.24) is 15.8 Å². The number of urea groups is 1. The second-order valence-electron chi connectivity index (χ2n) is 4.42. The van der Waals surface area contributed by atoms with Crippen molar-refractivity contribution in [1.29, 1.82) is 0 Å². The van der Waals surface area contributed by atoms with Crippen LogP contribution in [0.2, 0.25) is 0 Å². The van der Waals surface area contributed by atoms with Crippen molar-refractivity contribution in [2.75, 3.05) is 19.6 Å². The summed E-state index contributed by atoms with van der Waals surface area (Å²) in [4.78, 5) is 22.0. The van der Waals surface area contributed by atoms with Gasteiger partial charge in [-0.15, -0.1) is 0 Å². The molecule has 0 saturated carbocycles. The fourth-order valence-corrected chi connectivity index (χ4v) is 1.52. The van der Waals surface area contributed by atoms with Crippen LogP contribution in [0.1, 0.15) is 26.2 Å². The predicted octanol–water partition coefficient (Wildman–Crippen LogP) is -0.478. The van der Waals surface area contributed by atoms with Crippen LogP contribution in [0, 0.1) is 0 Å². The maximum absolute atomic E-state index is 11.4. The summed E-state index contributed by atoms with van der Waals surface area (Å²) in [6.07, 6.45) is 3.23. The Hall–Kier alpha value is -1.34. The molecule has 1 atom stereocenters. The van der Waals surface area contributed by atoms with Crippen LogP contribution in [0.25, 0.3) is 0 Å². The molecule has 1 saturated heterocycles. The highest BCUT2D eigenvalue weighted by Crippen LogP contribution is 2.05. The van der Waals surface area contributed by atoms with Gasteiger partial charge in [-0.1, -0.05) is 6.42 Å². The average Bonchev–Trinajstić information content (AvgIpc) is 2.28.